The van der Waals surface area contributed by atoms with E-state index in [1.54, 1.807) is 45.2 Å². The summed E-state index contributed by atoms with van der Waals surface area (Å²) >= 11 is 0. The topological polar surface area (TPSA) is 71.1 Å². The molecule has 1 aliphatic heterocycles. The summed E-state index contributed by atoms with van der Waals surface area (Å²) in [4.78, 5) is 24.3. The van der Waals surface area contributed by atoms with Crippen LogP contribution in [-0.2, 0) is 9.53 Å². The number of hydrogen-bond acceptors (Lipinski definition) is 6. The predicted octanol–water partition coefficient (Wildman–Crippen LogP) is 3.64. The number of esters is 1. The van der Waals surface area contributed by atoms with Gasteiger partial charge in [-0.15, -0.1) is 0 Å². The van der Waals surface area contributed by atoms with Crippen molar-refractivity contribution >= 4 is 17.8 Å². The van der Waals surface area contributed by atoms with Gasteiger partial charge in [0.15, 0.2) is 11.9 Å². The lowest BCUT2D eigenvalue weighted by molar-refractivity contribution is -0.150. The third-order valence-corrected chi connectivity index (χ3v) is 4.00. The third-order valence-electron chi connectivity index (χ3n) is 4.00. The Kier molecular flexibility index (Phi) is 5.45. The summed E-state index contributed by atoms with van der Waals surface area (Å²) in [6.07, 6.45) is 0.881. The second-order valence-corrected chi connectivity index (χ2v) is 5.85. The summed E-state index contributed by atoms with van der Waals surface area (Å²) in [6.45, 7) is 3.62. The molecule has 0 aromatic heterocycles. The lowest BCUT2D eigenvalue weighted by atomic mass is 10.1. The maximum Gasteiger partial charge on any atom is 0.347 e. The average Bonchev–Trinajstić information content (AvgIpc) is 2.97. The molecule has 1 unspecified atom stereocenters. The molecule has 0 fully saturated rings. The Hall–Kier alpha value is -3.28. The first kappa shape index (κ1) is 18.5. The van der Waals surface area contributed by atoms with Crippen LogP contribution in [0.25, 0.3) is 6.08 Å². The Balaban J connectivity index is 1.81. The number of benzene rings is 2. The van der Waals surface area contributed by atoms with Crippen LogP contribution in [0.2, 0.25) is 0 Å². The molecule has 0 radical (unpaired) electrons. The summed E-state index contributed by atoms with van der Waals surface area (Å²) in [7, 11) is 1.57. The quantitative estimate of drug-likeness (QED) is 0.573. The first-order valence-electron chi connectivity index (χ1n) is 8.58. The van der Waals surface area contributed by atoms with Crippen molar-refractivity contribution in [3.63, 3.8) is 0 Å². The summed E-state index contributed by atoms with van der Waals surface area (Å²) in [5.41, 5.74) is 1.18. The van der Waals surface area contributed by atoms with Gasteiger partial charge in [-0.05, 0) is 38.1 Å². The molecular weight excluding hydrogens is 348 g/mol. The zero-order chi connectivity index (χ0) is 19.4. The lowest BCUT2D eigenvalue weighted by Gasteiger charge is -2.13. The molecule has 27 heavy (non-hydrogen) atoms. The van der Waals surface area contributed by atoms with Crippen LogP contribution in [0.3, 0.4) is 0 Å². The van der Waals surface area contributed by atoms with Crippen LogP contribution >= 0.6 is 0 Å². The van der Waals surface area contributed by atoms with Gasteiger partial charge in [0, 0.05) is 11.6 Å². The van der Waals surface area contributed by atoms with Gasteiger partial charge < -0.3 is 18.9 Å². The van der Waals surface area contributed by atoms with E-state index >= 15 is 0 Å². The molecule has 0 saturated carbocycles. The largest absolute Gasteiger partial charge is 0.496 e. The first-order chi connectivity index (χ1) is 13.0. The molecule has 0 spiro atoms. The van der Waals surface area contributed by atoms with E-state index < -0.39 is 12.1 Å². The SMILES string of the molecule is CCOC(=O)C(C)Oc1ccc2c(c1)OC(=Cc1ccccc1OC)C2=O. The third kappa shape index (κ3) is 3.95. The minimum absolute atomic E-state index is 0.199. The van der Waals surface area contributed by atoms with Crippen molar-refractivity contribution in [1.82, 2.24) is 0 Å². The number of carbonyl (C=O) groups excluding carboxylic acids is 2. The zero-order valence-corrected chi connectivity index (χ0v) is 15.4. The van der Waals surface area contributed by atoms with Gasteiger partial charge in [-0.1, -0.05) is 18.2 Å². The van der Waals surface area contributed by atoms with E-state index in [1.165, 1.54) is 0 Å². The molecule has 0 saturated heterocycles. The standard InChI is InChI=1S/C21H20O6/c1-4-25-21(23)13(2)26-15-9-10-16-18(12-15)27-19(20(16)22)11-14-7-5-6-8-17(14)24-3/h5-13H,4H2,1-3H3. The van der Waals surface area contributed by atoms with Gasteiger partial charge in [0.1, 0.15) is 17.2 Å². The molecule has 3 rings (SSSR count). The molecule has 1 heterocycles. The molecule has 2 aromatic carbocycles. The molecule has 0 amide bonds. The molecule has 0 bridgehead atoms. The summed E-state index contributed by atoms with van der Waals surface area (Å²) in [5.74, 6) is 0.970. The highest BCUT2D eigenvalue weighted by molar-refractivity contribution is 6.14. The van der Waals surface area contributed by atoms with Crippen molar-refractivity contribution in [1.29, 1.82) is 0 Å². The Bertz CT molecular complexity index is 899. The van der Waals surface area contributed by atoms with E-state index in [1.807, 2.05) is 24.3 Å². The van der Waals surface area contributed by atoms with Crippen LogP contribution in [0.5, 0.6) is 17.2 Å². The number of ether oxygens (including phenoxy) is 4. The fourth-order valence-electron chi connectivity index (χ4n) is 2.68. The van der Waals surface area contributed by atoms with E-state index in [4.69, 9.17) is 18.9 Å². The molecular formula is C21H20O6. The van der Waals surface area contributed by atoms with Gasteiger partial charge in [0.25, 0.3) is 0 Å². The van der Waals surface area contributed by atoms with E-state index in [2.05, 4.69) is 0 Å². The van der Waals surface area contributed by atoms with E-state index in [-0.39, 0.29) is 18.1 Å². The zero-order valence-electron chi connectivity index (χ0n) is 15.4. The number of methoxy groups -OCH3 is 1. The molecule has 0 N–H and O–H groups in total. The van der Waals surface area contributed by atoms with E-state index in [0.29, 0.717) is 22.8 Å². The van der Waals surface area contributed by atoms with Gasteiger partial charge in [-0.2, -0.15) is 0 Å². The van der Waals surface area contributed by atoms with Crippen molar-refractivity contribution in [2.24, 2.45) is 0 Å². The van der Waals surface area contributed by atoms with E-state index in [9.17, 15) is 9.59 Å². The van der Waals surface area contributed by atoms with Crippen molar-refractivity contribution in [2.45, 2.75) is 20.0 Å². The minimum atomic E-state index is -0.760. The average molecular weight is 368 g/mol. The maximum absolute atomic E-state index is 12.6. The number of fused-ring (bicyclic) bond motifs is 1. The Morgan fingerprint density at radius 3 is 2.74 bits per heavy atom. The van der Waals surface area contributed by atoms with Crippen LogP contribution in [0.4, 0.5) is 0 Å². The molecule has 6 heteroatoms. The highest BCUT2D eigenvalue weighted by atomic mass is 16.6. The second kappa shape index (κ2) is 7.95. The monoisotopic (exact) mass is 368 g/mol. The summed E-state index contributed by atoms with van der Waals surface area (Å²) in [6, 6.07) is 12.2. The lowest BCUT2D eigenvalue weighted by Crippen LogP contribution is -2.26. The summed E-state index contributed by atoms with van der Waals surface area (Å²) < 4.78 is 21.5. The smallest absolute Gasteiger partial charge is 0.347 e. The number of hydrogen-bond donors (Lipinski definition) is 0. The van der Waals surface area contributed by atoms with Crippen LogP contribution in [0, 0.1) is 0 Å². The first-order valence-corrected chi connectivity index (χ1v) is 8.58. The maximum atomic E-state index is 12.6. The molecule has 0 aliphatic carbocycles. The molecule has 1 atom stereocenters. The van der Waals surface area contributed by atoms with Gasteiger partial charge in [-0.25, -0.2) is 4.79 Å². The minimum Gasteiger partial charge on any atom is -0.496 e. The number of ketones is 1. The fraction of sp³-hybridized carbons (Fsp3) is 0.238. The second-order valence-electron chi connectivity index (χ2n) is 5.85. The van der Waals surface area contributed by atoms with E-state index in [0.717, 1.165) is 5.56 Å². The van der Waals surface area contributed by atoms with Gasteiger partial charge in [0.05, 0.1) is 19.3 Å². The van der Waals surface area contributed by atoms with Crippen molar-refractivity contribution in [3.8, 4) is 17.2 Å². The van der Waals surface area contributed by atoms with Crippen LogP contribution in [-0.4, -0.2) is 31.6 Å². The number of allylic oxidation sites excluding steroid dienone is 1. The molecule has 2 aromatic rings. The molecule has 140 valence electrons. The summed E-state index contributed by atoms with van der Waals surface area (Å²) in [5, 5.41) is 0. The normalized spacial score (nSPS) is 15.1. The van der Waals surface area contributed by atoms with Crippen molar-refractivity contribution in [3.05, 3.63) is 59.4 Å². The number of Topliss-reactive ketones (excluding diaryl/α,β-unsaturated/α-hetero) is 1. The molecule has 6 nitrogen and oxygen atoms in total. The fourth-order valence-corrected chi connectivity index (χ4v) is 2.68. The molecule has 1 aliphatic rings. The van der Waals surface area contributed by atoms with Gasteiger partial charge in [0.2, 0.25) is 5.78 Å². The van der Waals surface area contributed by atoms with Gasteiger partial charge >= 0.3 is 5.97 Å². The van der Waals surface area contributed by atoms with Crippen molar-refractivity contribution < 1.29 is 28.5 Å². The van der Waals surface area contributed by atoms with Crippen molar-refractivity contribution in [2.75, 3.05) is 13.7 Å². The number of carbonyl (C=O) groups is 2. The van der Waals surface area contributed by atoms with Crippen LogP contribution < -0.4 is 14.2 Å². The van der Waals surface area contributed by atoms with Gasteiger partial charge in [-0.3, -0.25) is 4.79 Å². The number of para-hydroxylation sites is 1. The predicted molar refractivity (Wildman–Crippen MR) is 99.1 cm³/mol. The van der Waals surface area contributed by atoms with Crippen LogP contribution in [0.15, 0.2) is 48.2 Å². The Labute approximate surface area is 157 Å². The highest BCUT2D eigenvalue weighted by Crippen LogP contribution is 2.36. The Morgan fingerprint density at radius 2 is 2.00 bits per heavy atom. The van der Waals surface area contributed by atoms with Crippen LogP contribution in [0.1, 0.15) is 29.8 Å². The Morgan fingerprint density at radius 1 is 1.22 bits per heavy atom. The highest BCUT2D eigenvalue weighted by Gasteiger charge is 2.28. The number of rotatable bonds is 6.